The van der Waals surface area contributed by atoms with E-state index in [1.54, 1.807) is 36.4 Å². The number of amides is 2. The van der Waals surface area contributed by atoms with Gasteiger partial charge in [0.15, 0.2) is 0 Å². The van der Waals surface area contributed by atoms with Crippen LogP contribution in [0.3, 0.4) is 0 Å². The largest absolute Gasteiger partial charge is 0.378 e. The molecule has 7 nitrogen and oxygen atoms in total. The van der Waals surface area contributed by atoms with Crippen molar-refractivity contribution in [3.63, 3.8) is 0 Å². The minimum atomic E-state index is -0.228. The fourth-order valence-corrected chi connectivity index (χ4v) is 2.51. The second-order valence-electron chi connectivity index (χ2n) is 5.73. The number of rotatable bonds is 5. The highest BCUT2D eigenvalue weighted by atomic mass is 16.5. The Hall–Kier alpha value is -2.77. The molecule has 2 amide bonds. The number of ether oxygens (including phenoxy) is 1. The lowest BCUT2D eigenvalue weighted by Gasteiger charge is -2.23. The maximum atomic E-state index is 12.1. The van der Waals surface area contributed by atoms with Crippen LogP contribution in [0, 0.1) is 0 Å². The summed E-state index contributed by atoms with van der Waals surface area (Å²) in [5.74, 6) is 0.0910. The van der Waals surface area contributed by atoms with Crippen molar-refractivity contribution in [1.29, 1.82) is 0 Å². The number of carbonyl (C=O) groups excluding carboxylic acids is 2. The zero-order valence-corrected chi connectivity index (χ0v) is 13.7. The van der Waals surface area contributed by atoms with Crippen molar-refractivity contribution < 1.29 is 14.3 Å². The highest BCUT2D eigenvalue weighted by Crippen LogP contribution is 2.12. The zero-order valence-electron chi connectivity index (χ0n) is 13.7. The van der Waals surface area contributed by atoms with Gasteiger partial charge in [-0.05, 0) is 24.3 Å². The minimum absolute atomic E-state index is 0.0335. The van der Waals surface area contributed by atoms with Crippen LogP contribution >= 0.6 is 0 Å². The second-order valence-corrected chi connectivity index (χ2v) is 5.73. The molecule has 0 spiro atoms. The monoisotopic (exact) mass is 340 g/mol. The summed E-state index contributed by atoms with van der Waals surface area (Å²) in [5.41, 5.74) is 1.14. The van der Waals surface area contributed by atoms with Gasteiger partial charge in [0.1, 0.15) is 5.82 Å². The van der Waals surface area contributed by atoms with Crippen LogP contribution in [0.2, 0.25) is 0 Å². The van der Waals surface area contributed by atoms with Gasteiger partial charge in [-0.1, -0.05) is 18.2 Å². The third-order valence-electron chi connectivity index (χ3n) is 3.76. The van der Waals surface area contributed by atoms with Crippen LogP contribution in [0.25, 0.3) is 0 Å². The number of hydrogen-bond acceptors (Lipinski definition) is 5. The quantitative estimate of drug-likeness (QED) is 0.770. The molecule has 3 N–H and O–H groups in total. The van der Waals surface area contributed by atoms with E-state index in [9.17, 15) is 9.59 Å². The van der Waals surface area contributed by atoms with E-state index in [1.807, 2.05) is 6.07 Å². The Balaban J connectivity index is 1.51. The molecule has 0 radical (unpaired) electrons. The molecule has 1 aromatic carbocycles. The Morgan fingerprint density at radius 2 is 2.00 bits per heavy atom. The number of anilines is 2. The van der Waals surface area contributed by atoms with Crippen LogP contribution in [0.1, 0.15) is 16.8 Å². The number of aromatic nitrogens is 1. The molecule has 25 heavy (non-hydrogen) atoms. The molecule has 1 aliphatic rings. The van der Waals surface area contributed by atoms with Crippen LogP contribution in [-0.4, -0.2) is 42.6 Å². The summed E-state index contributed by atoms with van der Waals surface area (Å²) in [6.07, 6.45) is 1.86. The van der Waals surface area contributed by atoms with Crippen molar-refractivity contribution in [3.05, 3.63) is 54.2 Å². The number of carbonyl (C=O) groups is 2. The van der Waals surface area contributed by atoms with Crippen LogP contribution in [0.15, 0.2) is 48.7 Å². The van der Waals surface area contributed by atoms with Crippen LogP contribution in [0.5, 0.6) is 0 Å². The predicted octanol–water partition coefficient (Wildman–Crippen LogP) is 1.65. The van der Waals surface area contributed by atoms with Gasteiger partial charge in [-0.2, -0.15) is 0 Å². The molecule has 0 bridgehead atoms. The van der Waals surface area contributed by atoms with Gasteiger partial charge in [0.2, 0.25) is 5.91 Å². The van der Waals surface area contributed by atoms with Crippen molar-refractivity contribution >= 4 is 23.3 Å². The molecule has 0 saturated carbocycles. The van der Waals surface area contributed by atoms with Crippen LogP contribution in [-0.2, 0) is 9.53 Å². The highest BCUT2D eigenvalue weighted by molar-refractivity contribution is 6.03. The lowest BCUT2D eigenvalue weighted by molar-refractivity contribution is -0.117. The normalized spacial score (nSPS) is 16.9. The van der Waals surface area contributed by atoms with Gasteiger partial charge in [0.25, 0.3) is 5.91 Å². The smallest absolute Gasteiger partial charge is 0.256 e. The number of pyridine rings is 1. The molecule has 2 aromatic rings. The lowest BCUT2D eigenvalue weighted by atomic mass is 10.2. The summed E-state index contributed by atoms with van der Waals surface area (Å²) in [6, 6.07) is 12.3. The summed E-state index contributed by atoms with van der Waals surface area (Å²) in [7, 11) is 0. The zero-order chi connectivity index (χ0) is 17.5. The van der Waals surface area contributed by atoms with E-state index in [0.29, 0.717) is 36.7 Å². The molecular formula is C18H20N4O3. The van der Waals surface area contributed by atoms with Gasteiger partial charge in [-0.25, -0.2) is 4.98 Å². The van der Waals surface area contributed by atoms with Gasteiger partial charge in [0, 0.05) is 24.6 Å². The maximum Gasteiger partial charge on any atom is 0.256 e. The third kappa shape index (κ3) is 5.10. The van der Waals surface area contributed by atoms with Crippen molar-refractivity contribution in [1.82, 2.24) is 10.3 Å². The van der Waals surface area contributed by atoms with Crippen LogP contribution in [0.4, 0.5) is 11.5 Å². The Labute approximate surface area is 145 Å². The first kappa shape index (κ1) is 17.1. The average Bonchev–Trinajstić information content (AvgIpc) is 2.65. The Bertz CT molecular complexity index is 713. The van der Waals surface area contributed by atoms with Gasteiger partial charge in [-0.3, -0.25) is 9.59 Å². The van der Waals surface area contributed by atoms with E-state index < -0.39 is 0 Å². The number of nitrogens with zero attached hydrogens (tertiary/aromatic N) is 1. The highest BCUT2D eigenvalue weighted by Gasteiger charge is 2.17. The Kier molecular flexibility index (Phi) is 5.71. The molecular weight excluding hydrogens is 320 g/mol. The SMILES string of the molecule is O=C(CC1COCCN1)Nc1ccc(NC(=O)c2ccccc2)nc1. The van der Waals surface area contributed by atoms with Crippen molar-refractivity contribution in [2.24, 2.45) is 0 Å². The molecule has 1 aromatic heterocycles. The summed E-state index contributed by atoms with van der Waals surface area (Å²) in [5, 5.41) is 8.74. The fraction of sp³-hybridized carbons (Fsp3) is 0.278. The summed E-state index contributed by atoms with van der Waals surface area (Å²) < 4.78 is 5.33. The minimum Gasteiger partial charge on any atom is -0.378 e. The lowest BCUT2D eigenvalue weighted by Crippen LogP contribution is -2.43. The number of nitrogens with one attached hydrogen (secondary N) is 3. The van der Waals surface area contributed by atoms with Crippen molar-refractivity contribution in [2.75, 3.05) is 30.4 Å². The van der Waals surface area contributed by atoms with Crippen molar-refractivity contribution in [3.8, 4) is 0 Å². The summed E-state index contributed by atoms with van der Waals surface area (Å²) in [6.45, 7) is 1.98. The van der Waals surface area contributed by atoms with Gasteiger partial charge < -0.3 is 20.7 Å². The Morgan fingerprint density at radius 1 is 1.16 bits per heavy atom. The molecule has 1 atom stereocenters. The van der Waals surface area contributed by atoms with Crippen LogP contribution < -0.4 is 16.0 Å². The van der Waals surface area contributed by atoms with E-state index in [1.165, 1.54) is 6.20 Å². The first-order valence-electron chi connectivity index (χ1n) is 8.14. The van der Waals surface area contributed by atoms with E-state index in [0.717, 1.165) is 6.54 Å². The predicted molar refractivity (Wildman–Crippen MR) is 94.5 cm³/mol. The second kappa shape index (κ2) is 8.36. The molecule has 130 valence electrons. The number of morpholine rings is 1. The third-order valence-corrected chi connectivity index (χ3v) is 3.76. The van der Waals surface area contributed by atoms with E-state index >= 15 is 0 Å². The molecule has 7 heteroatoms. The maximum absolute atomic E-state index is 12.1. The molecule has 1 unspecified atom stereocenters. The Morgan fingerprint density at radius 3 is 2.68 bits per heavy atom. The molecule has 1 aliphatic heterocycles. The summed E-state index contributed by atoms with van der Waals surface area (Å²) in [4.78, 5) is 28.2. The van der Waals surface area contributed by atoms with Crippen molar-refractivity contribution in [2.45, 2.75) is 12.5 Å². The van der Waals surface area contributed by atoms with E-state index in [-0.39, 0.29) is 17.9 Å². The van der Waals surface area contributed by atoms with E-state index in [2.05, 4.69) is 20.9 Å². The topological polar surface area (TPSA) is 92.4 Å². The number of hydrogen-bond donors (Lipinski definition) is 3. The summed E-state index contributed by atoms with van der Waals surface area (Å²) >= 11 is 0. The number of benzene rings is 1. The molecule has 1 fully saturated rings. The first-order valence-corrected chi connectivity index (χ1v) is 8.14. The first-order chi connectivity index (χ1) is 12.2. The van der Waals surface area contributed by atoms with E-state index in [4.69, 9.17) is 4.74 Å². The fourth-order valence-electron chi connectivity index (χ4n) is 2.51. The standard InChI is InChI=1S/C18H20N4O3/c23-17(10-15-12-25-9-8-19-15)21-14-6-7-16(20-11-14)22-18(24)13-4-2-1-3-5-13/h1-7,11,15,19H,8-10,12H2,(H,21,23)(H,20,22,24). The molecule has 3 rings (SSSR count). The molecule has 2 heterocycles. The molecule has 1 saturated heterocycles. The average molecular weight is 340 g/mol. The molecule has 0 aliphatic carbocycles. The van der Waals surface area contributed by atoms with Gasteiger partial charge in [-0.15, -0.1) is 0 Å². The van der Waals surface area contributed by atoms with Gasteiger partial charge >= 0.3 is 0 Å². The van der Waals surface area contributed by atoms with Gasteiger partial charge in [0.05, 0.1) is 25.1 Å².